The van der Waals surface area contributed by atoms with Gasteiger partial charge in [0.05, 0.1) is 24.0 Å². The van der Waals surface area contributed by atoms with Crippen molar-refractivity contribution in [1.29, 1.82) is 0 Å². The van der Waals surface area contributed by atoms with Crippen LogP contribution in [0.1, 0.15) is 43.7 Å². The van der Waals surface area contributed by atoms with Crippen LogP contribution in [-0.4, -0.2) is 45.2 Å². The smallest absolute Gasteiger partial charge is 0.157 e. The molecule has 1 aromatic carbocycles. The number of nitrogens with one attached hydrogen (secondary N) is 5. The van der Waals surface area contributed by atoms with Gasteiger partial charge in [-0.25, -0.2) is 4.39 Å². The van der Waals surface area contributed by atoms with Gasteiger partial charge < -0.3 is 20.7 Å². The van der Waals surface area contributed by atoms with E-state index in [0.717, 1.165) is 62.1 Å². The van der Waals surface area contributed by atoms with Crippen LogP contribution < -0.4 is 31.3 Å². The quantitative estimate of drug-likeness (QED) is 0.544. The normalized spacial score (nSPS) is 28.0. The Kier molecular flexibility index (Phi) is 6.16. The Morgan fingerprint density at radius 2 is 2.11 bits per heavy atom. The molecule has 0 radical (unpaired) electrons. The van der Waals surface area contributed by atoms with Crippen molar-refractivity contribution >= 4 is 11.3 Å². The van der Waals surface area contributed by atoms with Crippen molar-refractivity contribution in [2.24, 2.45) is 0 Å². The molecule has 3 aliphatic heterocycles. The van der Waals surface area contributed by atoms with Crippen molar-refractivity contribution in [1.82, 2.24) is 21.3 Å². The standard InChI is InChI=1S/C21H32FN5O/c1-13-11-17(23-2)27-21(25-13)26-16-12-15-6-4-10-28-20(15)18(19(16)22)14-5-3-8-24-9-7-14/h7,12-13,17,21,23-27H,3-6,8-11H2,1-2H3. The number of aryl methyl sites for hydroxylation is 1. The Labute approximate surface area is 166 Å². The van der Waals surface area contributed by atoms with Gasteiger partial charge in [0, 0.05) is 12.6 Å². The topological polar surface area (TPSA) is 69.4 Å². The molecule has 3 aliphatic rings. The molecule has 4 rings (SSSR count). The number of benzene rings is 1. The van der Waals surface area contributed by atoms with E-state index in [1.807, 2.05) is 13.1 Å². The first-order chi connectivity index (χ1) is 13.7. The number of hydrogen-bond acceptors (Lipinski definition) is 6. The average Bonchev–Trinajstić information content (AvgIpc) is 2.97. The van der Waals surface area contributed by atoms with Gasteiger partial charge in [0.25, 0.3) is 0 Å². The SMILES string of the molecule is CNC1CC(C)NC(Nc2cc3c(c(C4=CCNCCC4)c2F)OCCC3)N1. The second-order valence-corrected chi connectivity index (χ2v) is 7.98. The highest BCUT2D eigenvalue weighted by Gasteiger charge is 2.28. The lowest BCUT2D eigenvalue weighted by Gasteiger charge is -2.37. The van der Waals surface area contributed by atoms with Crippen molar-refractivity contribution in [3.05, 3.63) is 29.1 Å². The Morgan fingerprint density at radius 3 is 2.96 bits per heavy atom. The van der Waals surface area contributed by atoms with E-state index in [0.29, 0.717) is 23.9 Å². The number of ether oxygens (including phenoxy) is 1. The summed E-state index contributed by atoms with van der Waals surface area (Å²) < 4.78 is 21.7. The first-order valence-electron chi connectivity index (χ1n) is 10.5. The molecule has 0 amide bonds. The van der Waals surface area contributed by atoms with Gasteiger partial charge in [0.15, 0.2) is 5.82 Å². The highest BCUT2D eigenvalue weighted by Crippen LogP contribution is 2.41. The summed E-state index contributed by atoms with van der Waals surface area (Å²) in [6.45, 7) is 4.53. The minimum absolute atomic E-state index is 0.188. The van der Waals surface area contributed by atoms with Crippen LogP contribution in [0.2, 0.25) is 0 Å². The number of hydrogen-bond donors (Lipinski definition) is 5. The molecular formula is C21H32FN5O. The minimum Gasteiger partial charge on any atom is -0.493 e. The van der Waals surface area contributed by atoms with E-state index >= 15 is 4.39 Å². The maximum Gasteiger partial charge on any atom is 0.157 e. The van der Waals surface area contributed by atoms with Gasteiger partial charge in [0.2, 0.25) is 0 Å². The third kappa shape index (κ3) is 4.17. The number of allylic oxidation sites excluding steroid dienone is 1. The maximum absolute atomic E-state index is 15.7. The molecule has 0 saturated carbocycles. The first-order valence-corrected chi connectivity index (χ1v) is 10.5. The molecule has 154 valence electrons. The van der Waals surface area contributed by atoms with Crippen LogP contribution in [0.3, 0.4) is 0 Å². The molecule has 0 bridgehead atoms. The zero-order chi connectivity index (χ0) is 19.5. The second-order valence-electron chi connectivity index (χ2n) is 7.98. The molecular weight excluding hydrogens is 357 g/mol. The summed E-state index contributed by atoms with van der Waals surface area (Å²) in [4.78, 5) is 0. The Morgan fingerprint density at radius 1 is 1.21 bits per heavy atom. The molecule has 0 aliphatic carbocycles. The molecule has 3 heterocycles. The third-order valence-corrected chi connectivity index (χ3v) is 5.80. The van der Waals surface area contributed by atoms with E-state index in [-0.39, 0.29) is 18.3 Å². The van der Waals surface area contributed by atoms with Gasteiger partial charge in [0.1, 0.15) is 12.0 Å². The van der Waals surface area contributed by atoms with Gasteiger partial charge >= 0.3 is 0 Å². The summed E-state index contributed by atoms with van der Waals surface area (Å²) in [5.41, 5.74) is 3.33. The van der Waals surface area contributed by atoms with E-state index in [2.05, 4.69) is 39.6 Å². The monoisotopic (exact) mass is 389 g/mol. The van der Waals surface area contributed by atoms with Crippen LogP contribution in [-0.2, 0) is 6.42 Å². The summed E-state index contributed by atoms with van der Waals surface area (Å²) in [7, 11) is 1.94. The summed E-state index contributed by atoms with van der Waals surface area (Å²) in [6, 6.07) is 2.26. The lowest BCUT2D eigenvalue weighted by Crippen LogP contribution is -2.63. The molecule has 3 unspecified atom stereocenters. The number of anilines is 1. The van der Waals surface area contributed by atoms with Crippen molar-refractivity contribution in [3.8, 4) is 5.75 Å². The van der Waals surface area contributed by atoms with Crippen LogP contribution in [0.15, 0.2) is 12.1 Å². The predicted octanol–water partition coefficient (Wildman–Crippen LogP) is 2.13. The van der Waals surface area contributed by atoms with E-state index in [4.69, 9.17) is 4.74 Å². The van der Waals surface area contributed by atoms with Crippen molar-refractivity contribution < 1.29 is 9.13 Å². The lowest BCUT2D eigenvalue weighted by molar-refractivity contribution is 0.248. The molecule has 0 spiro atoms. The second kappa shape index (κ2) is 8.78. The van der Waals surface area contributed by atoms with Crippen LogP contribution >= 0.6 is 0 Å². The zero-order valence-electron chi connectivity index (χ0n) is 16.8. The fourth-order valence-electron chi connectivity index (χ4n) is 4.37. The van der Waals surface area contributed by atoms with E-state index < -0.39 is 0 Å². The molecule has 6 nitrogen and oxygen atoms in total. The van der Waals surface area contributed by atoms with E-state index in [1.54, 1.807) is 0 Å². The lowest BCUT2D eigenvalue weighted by atomic mass is 9.93. The highest BCUT2D eigenvalue weighted by atomic mass is 19.1. The third-order valence-electron chi connectivity index (χ3n) is 5.80. The minimum atomic E-state index is -0.211. The van der Waals surface area contributed by atoms with Gasteiger partial charge in [-0.3, -0.25) is 10.6 Å². The summed E-state index contributed by atoms with van der Waals surface area (Å²) >= 11 is 0. The molecule has 1 saturated heterocycles. The predicted molar refractivity (Wildman–Crippen MR) is 111 cm³/mol. The first kappa shape index (κ1) is 19.6. The summed E-state index contributed by atoms with van der Waals surface area (Å²) in [6.07, 6.45) is 6.83. The largest absolute Gasteiger partial charge is 0.493 e. The highest BCUT2D eigenvalue weighted by molar-refractivity contribution is 5.77. The van der Waals surface area contributed by atoms with Crippen LogP contribution in [0.25, 0.3) is 5.57 Å². The van der Waals surface area contributed by atoms with Crippen LogP contribution in [0.4, 0.5) is 10.1 Å². The molecule has 28 heavy (non-hydrogen) atoms. The number of rotatable bonds is 4. The summed E-state index contributed by atoms with van der Waals surface area (Å²) in [5, 5.41) is 16.9. The van der Waals surface area contributed by atoms with Gasteiger partial charge in [-0.1, -0.05) is 6.08 Å². The molecule has 7 heteroatoms. The Balaban J connectivity index is 1.68. The fraction of sp³-hybridized carbons (Fsp3) is 0.619. The van der Waals surface area contributed by atoms with Gasteiger partial charge in [-0.05, 0) is 69.8 Å². The molecule has 1 aromatic rings. The van der Waals surface area contributed by atoms with Gasteiger partial charge in [-0.15, -0.1) is 0 Å². The maximum atomic E-state index is 15.7. The molecule has 0 aromatic heterocycles. The Hall–Kier alpha value is -1.67. The van der Waals surface area contributed by atoms with E-state index in [9.17, 15) is 0 Å². The molecule has 5 N–H and O–H groups in total. The Bertz CT molecular complexity index is 738. The fourth-order valence-corrected chi connectivity index (χ4v) is 4.37. The van der Waals surface area contributed by atoms with Crippen LogP contribution in [0.5, 0.6) is 5.75 Å². The zero-order valence-corrected chi connectivity index (χ0v) is 16.8. The van der Waals surface area contributed by atoms with Crippen molar-refractivity contribution in [3.63, 3.8) is 0 Å². The molecule has 1 fully saturated rings. The van der Waals surface area contributed by atoms with Crippen LogP contribution in [0, 0.1) is 5.82 Å². The number of fused-ring (bicyclic) bond motifs is 1. The van der Waals surface area contributed by atoms with Gasteiger partial charge in [-0.2, -0.15) is 0 Å². The summed E-state index contributed by atoms with van der Waals surface area (Å²) in [5.74, 6) is 0.533. The van der Waals surface area contributed by atoms with E-state index in [1.165, 1.54) is 0 Å². The average molecular weight is 390 g/mol. The number of halogens is 1. The molecule has 3 atom stereocenters. The van der Waals surface area contributed by atoms with Crippen molar-refractivity contribution in [2.75, 3.05) is 32.1 Å². The van der Waals surface area contributed by atoms with Crippen molar-refractivity contribution in [2.45, 2.75) is 57.5 Å².